The molecule has 0 bridgehead atoms. The number of nitrogens with one attached hydrogen (secondary N) is 1. The van der Waals surface area contributed by atoms with Gasteiger partial charge in [-0.25, -0.2) is 4.39 Å². The van der Waals surface area contributed by atoms with E-state index in [9.17, 15) is 17.6 Å². The lowest BCUT2D eigenvalue weighted by atomic mass is 10.1. The Hall–Kier alpha value is -1.29. The third-order valence-corrected chi connectivity index (χ3v) is 2.67. The first-order valence-electron chi connectivity index (χ1n) is 4.50. The van der Waals surface area contributed by atoms with E-state index in [-0.39, 0.29) is 5.69 Å². The molecule has 7 heteroatoms. The summed E-state index contributed by atoms with van der Waals surface area (Å²) in [5.41, 5.74) is 0.175. The quantitative estimate of drug-likeness (QED) is 0.864. The van der Waals surface area contributed by atoms with E-state index in [2.05, 4.69) is 21.2 Å². The van der Waals surface area contributed by atoms with E-state index >= 15 is 0 Å². The second-order valence-corrected chi connectivity index (χ2v) is 4.08. The number of rotatable bonds is 3. The zero-order valence-electron chi connectivity index (χ0n) is 8.35. The summed E-state index contributed by atoms with van der Waals surface area (Å²) in [4.78, 5) is 0. The summed E-state index contributed by atoms with van der Waals surface area (Å²) in [6.45, 7) is -0.623. The third-order valence-electron chi connectivity index (χ3n) is 1.98. The maximum Gasteiger partial charge on any atom is 0.406 e. The van der Waals surface area contributed by atoms with Crippen molar-refractivity contribution in [2.24, 2.45) is 5.92 Å². The van der Waals surface area contributed by atoms with Crippen LogP contribution in [0.5, 0.6) is 0 Å². The number of alkyl halides is 3. The van der Waals surface area contributed by atoms with Gasteiger partial charge in [-0.2, -0.15) is 18.4 Å². The Bertz CT molecular complexity index is 439. The van der Waals surface area contributed by atoms with Crippen LogP contribution in [0, 0.1) is 23.1 Å². The fourth-order valence-electron chi connectivity index (χ4n) is 1.08. The molecule has 0 radical (unpaired) electrons. The summed E-state index contributed by atoms with van der Waals surface area (Å²) in [6, 6.07) is 4.74. The highest BCUT2D eigenvalue weighted by Gasteiger charge is 2.39. The Balaban J connectivity index is 2.73. The van der Waals surface area contributed by atoms with Crippen LogP contribution in [-0.4, -0.2) is 12.7 Å². The maximum atomic E-state index is 12.8. The van der Waals surface area contributed by atoms with Crippen molar-refractivity contribution < 1.29 is 17.6 Å². The van der Waals surface area contributed by atoms with Crippen LogP contribution in [0.2, 0.25) is 0 Å². The monoisotopic (exact) mass is 310 g/mol. The molecule has 1 N–H and O–H groups in total. The molecule has 0 saturated carbocycles. The lowest BCUT2D eigenvalue weighted by molar-refractivity contribution is -0.155. The van der Waals surface area contributed by atoms with Crippen molar-refractivity contribution in [3.8, 4) is 6.07 Å². The normalized spacial score (nSPS) is 12.9. The van der Waals surface area contributed by atoms with Gasteiger partial charge in [0.2, 0.25) is 0 Å². The number of hydrogen-bond acceptors (Lipinski definition) is 2. The number of anilines is 1. The second kappa shape index (κ2) is 5.36. The van der Waals surface area contributed by atoms with Crippen LogP contribution >= 0.6 is 15.9 Å². The molecule has 0 spiro atoms. The summed E-state index contributed by atoms with van der Waals surface area (Å²) in [5, 5.41) is 10.7. The number of benzene rings is 1. The molecule has 17 heavy (non-hydrogen) atoms. The van der Waals surface area contributed by atoms with Crippen molar-refractivity contribution in [3.63, 3.8) is 0 Å². The summed E-state index contributed by atoms with van der Waals surface area (Å²) in [5.74, 6) is -2.70. The minimum absolute atomic E-state index is 0.175. The zero-order chi connectivity index (χ0) is 13.1. The van der Waals surface area contributed by atoms with Crippen LogP contribution in [0.3, 0.4) is 0 Å². The van der Waals surface area contributed by atoms with Gasteiger partial charge in [-0.05, 0) is 34.1 Å². The molecular formula is C10H7BrF4N2. The van der Waals surface area contributed by atoms with E-state index in [1.54, 1.807) is 0 Å². The van der Waals surface area contributed by atoms with Gasteiger partial charge >= 0.3 is 6.18 Å². The second-order valence-electron chi connectivity index (χ2n) is 3.23. The van der Waals surface area contributed by atoms with Gasteiger partial charge in [-0.3, -0.25) is 0 Å². The highest BCUT2D eigenvalue weighted by molar-refractivity contribution is 9.10. The minimum atomic E-state index is -4.60. The summed E-state index contributed by atoms with van der Waals surface area (Å²) >= 11 is 3.06. The Morgan fingerprint density at radius 2 is 2.06 bits per heavy atom. The number of nitrogens with zero attached hydrogens (tertiary/aromatic N) is 1. The zero-order valence-corrected chi connectivity index (χ0v) is 9.94. The minimum Gasteiger partial charge on any atom is -0.382 e. The SMILES string of the molecule is N#CC(CNc1cc(F)ccc1Br)C(F)(F)F. The van der Waals surface area contributed by atoms with Gasteiger partial charge in [-0.15, -0.1) is 0 Å². The van der Waals surface area contributed by atoms with Crippen molar-refractivity contribution in [3.05, 3.63) is 28.5 Å². The van der Waals surface area contributed by atoms with Gasteiger partial charge in [0.1, 0.15) is 5.82 Å². The van der Waals surface area contributed by atoms with E-state index < -0.39 is 24.5 Å². The summed E-state index contributed by atoms with van der Waals surface area (Å²) < 4.78 is 50.0. The molecule has 0 aromatic heterocycles. The van der Waals surface area contributed by atoms with Gasteiger partial charge in [0.25, 0.3) is 0 Å². The molecule has 0 aliphatic rings. The van der Waals surface area contributed by atoms with E-state index in [1.807, 2.05) is 0 Å². The summed E-state index contributed by atoms with van der Waals surface area (Å²) in [6.07, 6.45) is -4.60. The molecule has 0 fully saturated rings. The Morgan fingerprint density at radius 1 is 1.41 bits per heavy atom. The molecule has 1 aromatic carbocycles. The molecule has 1 unspecified atom stereocenters. The molecule has 1 aromatic rings. The van der Waals surface area contributed by atoms with Crippen LogP contribution in [0.1, 0.15) is 0 Å². The van der Waals surface area contributed by atoms with Crippen molar-refractivity contribution in [1.29, 1.82) is 5.26 Å². The van der Waals surface area contributed by atoms with Crippen molar-refractivity contribution >= 4 is 21.6 Å². The molecule has 1 atom stereocenters. The van der Waals surface area contributed by atoms with Gasteiger partial charge in [-0.1, -0.05) is 0 Å². The van der Waals surface area contributed by atoms with Crippen LogP contribution in [0.25, 0.3) is 0 Å². The first-order chi connectivity index (χ1) is 7.84. The largest absolute Gasteiger partial charge is 0.406 e. The molecule has 2 nitrogen and oxygen atoms in total. The lowest BCUT2D eigenvalue weighted by Gasteiger charge is -2.15. The van der Waals surface area contributed by atoms with E-state index in [4.69, 9.17) is 5.26 Å². The average molecular weight is 311 g/mol. The van der Waals surface area contributed by atoms with Crippen molar-refractivity contribution in [2.75, 3.05) is 11.9 Å². The number of hydrogen-bond donors (Lipinski definition) is 1. The smallest absolute Gasteiger partial charge is 0.382 e. The van der Waals surface area contributed by atoms with E-state index in [0.717, 1.165) is 12.1 Å². The van der Waals surface area contributed by atoms with Gasteiger partial charge < -0.3 is 5.32 Å². The predicted molar refractivity (Wildman–Crippen MR) is 57.7 cm³/mol. The van der Waals surface area contributed by atoms with Gasteiger partial charge in [0.05, 0.1) is 11.8 Å². The molecule has 0 aliphatic heterocycles. The molecule has 1 rings (SSSR count). The lowest BCUT2D eigenvalue weighted by Crippen LogP contribution is -2.28. The predicted octanol–water partition coefficient (Wildman–Crippen LogP) is 3.70. The third kappa shape index (κ3) is 3.89. The van der Waals surface area contributed by atoms with Gasteiger partial charge in [0.15, 0.2) is 5.92 Å². The maximum absolute atomic E-state index is 12.8. The number of halogens is 5. The number of nitriles is 1. The molecule has 92 valence electrons. The highest BCUT2D eigenvalue weighted by Crippen LogP contribution is 2.28. The van der Waals surface area contributed by atoms with Crippen LogP contribution in [0.4, 0.5) is 23.2 Å². The van der Waals surface area contributed by atoms with Gasteiger partial charge in [0, 0.05) is 11.0 Å². The van der Waals surface area contributed by atoms with E-state index in [1.165, 1.54) is 12.1 Å². The standard InChI is InChI=1S/C10H7BrF4N2/c11-8-2-1-7(12)3-9(8)17-5-6(4-16)10(13,14)15/h1-3,6,17H,5H2. The van der Waals surface area contributed by atoms with Crippen LogP contribution < -0.4 is 5.32 Å². The first kappa shape index (κ1) is 13.8. The Kier molecular flexibility index (Phi) is 4.34. The molecule has 0 amide bonds. The molecular weight excluding hydrogens is 304 g/mol. The van der Waals surface area contributed by atoms with Crippen molar-refractivity contribution in [2.45, 2.75) is 6.18 Å². The van der Waals surface area contributed by atoms with Crippen LogP contribution in [-0.2, 0) is 0 Å². The summed E-state index contributed by atoms with van der Waals surface area (Å²) in [7, 11) is 0. The molecule has 0 heterocycles. The highest BCUT2D eigenvalue weighted by atomic mass is 79.9. The first-order valence-corrected chi connectivity index (χ1v) is 5.29. The van der Waals surface area contributed by atoms with E-state index in [0.29, 0.717) is 4.47 Å². The fourth-order valence-corrected chi connectivity index (χ4v) is 1.47. The Labute approximate surface area is 103 Å². The topological polar surface area (TPSA) is 35.8 Å². The van der Waals surface area contributed by atoms with Crippen molar-refractivity contribution in [1.82, 2.24) is 0 Å². The Morgan fingerprint density at radius 3 is 2.59 bits per heavy atom. The molecule has 0 aliphatic carbocycles. The average Bonchev–Trinajstić information content (AvgIpc) is 2.22. The van der Waals surface area contributed by atoms with Crippen LogP contribution in [0.15, 0.2) is 22.7 Å². The molecule has 0 saturated heterocycles. The fraction of sp³-hybridized carbons (Fsp3) is 0.300.